The van der Waals surface area contributed by atoms with E-state index in [0.717, 1.165) is 11.1 Å². The van der Waals surface area contributed by atoms with E-state index in [1.54, 1.807) is 18.5 Å². The standard InChI is InChI=1S/C16H15Cl2N5O3/c1-7(24)26-6-12(25)20-5-11-13(8-3-21-22-4-8)14-10(19)2-9(17)15(18)16(14)23-11/h2-4,23H,5-6,19H2,1H3,(H,20,25)(H,21,22). The van der Waals surface area contributed by atoms with Gasteiger partial charge in [0.1, 0.15) is 0 Å². The number of carbonyl (C=O) groups excluding carboxylic acids is 2. The number of aromatic amines is 2. The Morgan fingerprint density at radius 2 is 2.15 bits per heavy atom. The van der Waals surface area contributed by atoms with Gasteiger partial charge in [-0.15, -0.1) is 0 Å². The molecule has 1 aromatic carbocycles. The molecule has 0 saturated carbocycles. The number of carbonyl (C=O) groups is 2. The number of fused-ring (bicyclic) bond motifs is 1. The Morgan fingerprint density at radius 3 is 2.81 bits per heavy atom. The molecule has 26 heavy (non-hydrogen) atoms. The summed E-state index contributed by atoms with van der Waals surface area (Å²) >= 11 is 12.4. The van der Waals surface area contributed by atoms with Gasteiger partial charge in [-0.05, 0) is 6.07 Å². The van der Waals surface area contributed by atoms with Crippen LogP contribution >= 0.6 is 23.2 Å². The highest BCUT2D eigenvalue weighted by molar-refractivity contribution is 6.46. The van der Waals surface area contributed by atoms with Crippen molar-refractivity contribution in [3.05, 3.63) is 34.2 Å². The predicted molar refractivity (Wildman–Crippen MR) is 98.8 cm³/mol. The summed E-state index contributed by atoms with van der Waals surface area (Å²) < 4.78 is 4.67. The Hall–Kier alpha value is -2.71. The fraction of sp³-hybridized carbons (Fsp3) is 0.188. The smallest absolute Gasteiger partial charge is 0.303 e. The molecule has 0 unspecified atom stereocenters. The lowest BCUT2D eigenvalue weighted by Crippen LogP contribution is -2.28. The molecule has 0 aliphatic heterocycles. The van der Waals surface area contributed by atoms with Crippen molar-refractivity contribution < 1.29 is 14.3 Å². The zero-order valence-electron chi connectivity index (χ0n) is 13.7. The van der Waals surface area contributed by atoms with Gasteiger partial charge in [-0.3, -0.25) is 14.7 Å². The average Bonchev–Trinajstić information content (AvgIpc) is 3.23. The summed E-state index contributed by atoms with van der Waals surface area (Å²) in [6, 6.07) is 1.58. The largest absolute Gasteiger partial charge is 0.456 e. The van der Waals surface area contributed by atoms with Gasteiger partial charge in [-0.25, -0.2) is 0 Å². The molecule has 0 radical (unpaired) electrons. The number of amides is 1. The van der Waals surface area contributed by atoms with Crippen molar-refractivity contribution in [3.63, 3.8) is 0 Å². The quantitative estimate of drug-likeness (QED) is 0.390. The van der Waals surface area contributed by atoms with Crippen LogP contribution in [-0.2, 0) is 20.9 Å². The second-order valence-corrected chi connectivity index (χ2v) is 6.32. The van der Waals surface area contributed by atoms with Crippen LogP contribution in [0.25, 0.3) is 22.0 Å². The second-order valence-electron chi connectivity index (χ2n) is 5.53. The summed E-state index contributed by atoms with van der Waals surface area (Å²) in [7, 11) is 0. The predicted octanol–water partition coefficient (Wildman–Crippen LogP) is 2.63. The molecule has 0 bridgehead atoms. The molecule has 136 valence electrons. The van der Waals surface area contributed by atoms with Crippen LogP contribution in [0.2, 0.25) is 10.0 Å². The van der Waals surface area contributed by atoms with Gasteiger partial charge in [0.25, 0.3) is 5.91 Å². The number of benzene rings is 1. The number of hydrogen-bond donors (Lipinski definition) is 4. The van der Waals surface area contributed by atoms with Gasteiger partial charge in [0.2, 0.25) is 0 Å². The molecule has 2 aromatic heterocycles. The highest BCUT2D eigenvalue weighted by atomic mass is 35.5. The van der Waals surface area contributed by atoms with Gasteiger partial charge in [0.15, 0.2) is 6.61 Å². The number of hydrogen-bond acceptors (Lipinski definition) is 5. The van der Waals surface area contributed by atoms with Gasteiger partial charge in [-0.2, -0.15) is 5.10 Å². The maximum Gasteiger partial charge on any atom is 0.303 e. The molecule has 0 aliphatic carbocycles. The first-order valence-electron chi connectivity index (χ1n) is 7.55. The monoisotopic (exact) mass is 395 g/mol. The molecule has 0 saturated heterocycles. The molecule has 3 aromatic rings. The fourth-order valence-electron chi connectivity index (χ4n) is 2.64. The average molecular weight is 396 g/mol. The Labute approximate surface area is 158 Å². The van der Waals surface area contributed by atoms with Crippen LogP contribution < -0.4 is 11.1 Å². The van der Waals surface area contributed by atoms with Crippen molar-refractivity contribution in [1.82, 2.24) is 20.5 Å². The Balaban J connectivity index is 2.00. The zero-order valence-corrected chi connectivity index (χ0v) is 15.2. The third kappa shape index (κ3) is 3.47. The zero-order chi connectivity index (χ0) is 18.8. The van der Waals surface area contributed by atoms with E-state index in [1.807, 2.05) is 0 Å². The first-order valence-corrected chi connectivity index (χ1v) is 8.31. The molecule has 5 N–H and O–H groups in total. The summed E-state index contributed by atoms with van der Waals surface area (Å²) in [6.07, 6.45) is 3.34. The summed E-state index contributed by atoms with van der Waals surface area (Å²) in [6.45, 7) is 1.02. The number of esters is 1. The molecule has 0 spiro atoms. The Morgan fingerprint density at radius 1 is 1.38 bits per heavy atom. The fourth-order valence-corrected chi connectivity index (χ4v) is 3.05. The molecule has 3 rings (SSSR count). The number of nitrogens with one attached hydrogen (secondary N) is 3. The number of nitrogen functional groups attached to an aromatic ring is 1. The van der Waals surface area contributed by atoms with Crippen LogP contribution in [0, 0.1) is 0 Å². The van der Waals surface area contributed by atoms with Crippen molar-refractivity contribution in [3.8, 4) is 11.1 Å². The van der Waals surface area contributed by atoms with Crippen molar-refractivity contribution in [2.75, 3.05) is 12.3 Å². The van der Waals surface area contributed by atoms with Crippen molar-refractivity contribution in [2.45, 2.75) is 13.5 Å². The van der Waals surface area contributed by atoms with Crippen LogP contribution in [0.4, 0.5) is 5.69 Å². The minimum absolute atomic E-state index is 0.142. The van der Waals surface area contributed by atoms with Crippen LogP contribution in [-0.4, -0.2) is 33.7 Å². The molecular weight excluding hydrogens is 381 g/mol. The van der Waals surface area contributed by atoms with E-state index in [1.165, 1.54) is 6.92 Å². The SMILES string of the molecule is CC(=O)OCC(=O)NCc1[nH]c2c(Cl)c(Cl)cc(N)c2c1-c1cn[nH]c1. The van der Waals surface area contributed by atoms with Crippen molar-refractivity contribution in [1.29, 1.82) is 0 Å². The van der Waals surface area contributed by atoms with Crippen LogP contribution in [0.3, 0.4) is 0 Å². The van der Waals surface area contributed by atoms with Gasteiger partial charge >= 0.3 is 5.97 Å². The lowest BCUT2D eigenvalue weighted by molar-refractivity contribution is -0.146. The van der Waals surface area contributed by atoms with E-state index in [0.29, 0.717) is 32.3 Å². The van der Waals surface area contributed by atoms with E-state index in [2.05, 4.69) is 25.2 Å². The maximum absolute atomic E-state index is 11.8. The molecular formula is C16H15Cl2N5O3. The minimum Gasteiger partial charge on any atom is -0.456 e. The van der Waals surface area contributed by atoms with E-state index in [-0.39, 0.29) is 13.2 Å². The topological polar surface area (TPSA) is 126 Å². The number of nitrogens with zero attached hydrogens (tertiary/aromatic N) is 1. The number of halogens is 2. The normalized spacial score (nSPS) is 10.9. The van der Waals surface area contributed by atoms with E-state index < -0.39 is 11.9 Å². The maximum atomic E-state index is 11.8. The number of H-pyrrole nitrogens is 2. The van der Waals surface area contributed by atoms with E-state index >= 15 is 0 Å². The molecule has 0 aliphatic rings. The highest BCUT2D eigenvalue weighted by Gasteiger charge is 2.20. The molecule has 10 heteroatoms. The van der Waals surface area contributed by atoms with Gasteiger partial charge < -0.3 is 20.8 Å². The number of aromatic nitrogens is 3. The lowest BCUT2D eigenvalue weighted by atomic mass is 10.0. The van der Waals surface area contributed by atoms with Gasteiger partial charge in [0.05, 0.1) is 28.3 Å². The summed E-state index contributed by atoms with van der Waals surface area (Å²) in [4.78, 5) is 25.8. The lowest BCUT2D eigenvalue weighted by Gasteiger charge is -2.07. The van der Waals surface area contributed by atoms with Crippen LogP contribution in [0.15, 0.2) is 18.5 Å². The third-order valence-electron chi connectivity index (χ3n) is 3.73. The Bertz CT molecular complexity index is 982. The molecule has 0 fully saturated rings. The van der Waals surface area contributed by atoms with Crippen LogP contribution in [0.1, 0.15) is 12.6 Å². The molecule has 8 nitrogen and oxygen atoms in total. The summed E-state index contributed by atoms with van der Waals surface area (Å²) in [5.74, 6) is -0.965. The Kier molecular flexibility index (Phi) is 5.06. The minimum atomic E-state index is -0.529. The first kappa shape index (κ1) is 18.1. The van der Waals surface area contributed by atoms with Crippen molar-refractivity contribution in [2.24, 2.45) is 0 Å². The second kappa shape index (κ2) is 7.27. The van der Waals surface area contributed by atoms with E-state index in [9.17, 15) is 9.59 Å². The molecule has 1 amide bonds. The highest BCUT2D eigenvalue weighted by Crippen LogP contribution is 2.41. The molecule has 2 heterocycles. The summed E-state index contributed by atoms with van der Waals surface area (Å²) in [5, 5.41) is 10.7. The van der Waals surface area contributed by atoms with Gasteiger partial charge in [-0.1, -0.05) is 23.2 Å². The number of rotatable bonds is 5. The third-order valence-corrected chi connectivity index (χ3v) is 4.52. The van der Waals surface area contributed by atoms with Crippen molar-refractivity contribution >= 4 is 51.7 Å². The number of nitrogens with two attached hydrogens (primary N) is 1. The number of anilines is 1. The first-order chi connectivity index (χ1) is 12.4. The summed E-state index contributed by atoms with van der Waals surface area (Å²) in [5.41, 5.74) is 9.33. The van der Waals surface area contributed by atoms with E-state index in [4.69, 9.17) is 28.9 Å². The van der Waals surface area contributed by atoms with Crippen LogP contribution in [0.5, 0.6) is 0 Å². The molecule has 0 atom stereocenters. The van der Waals surface area contributed by atoms with Gasteiger partial charge in [0, 0.05) is 41.0 Å². The number of ether oxygens (including phenoxy) is 1.